The first-order valence-corrected chi connectivity index (χ1v) is 8.52. The van der Waals surface area contributed by atoms with Gasteiger partial charge in [0.1, 0.15) is 5.75 Å². The zero-order valence-corrected chi connectivity index (χ0v) is 13.6. The molecule has 124 valence electrons. The van der Waals surface area contributed by atoms with Crippen molar-refractivity contribution >= 4 is 17.5 Å². The van der Waals surface area contributed by atoms with E-state index in [1.54, 1.807) is 6.07 Å². The summed E-state index contributed by atoms with van der Waals surface area (Å²) in [5, 5.41) is 5.77. The minimum Gasteiger partial charge on any atom is -0.468 e. The van der Waals surface area contributed by atoms with Gasteiger partial charge in [-0.05, 0) is 37.5 Å². The van der Waals surface area contributed by atoms with E-state index >= 15 is 0 Å². The molecule has 2 aliphatic rings. The van der Waals surface area contributed by atoms with Crippen LogP contribution in [0.1, 0.15) is 50.5 Å². The summed E-state index contributed by atoms with van der Waals surface area (Å²) in [6, 6.07) is 5.69. The molecule has 1 aliphatic carbocycles. The molecule has 1 aromatic carbocycles. The van der Waals surface area contributed by atoms with Crippen LogP contribution in [0.15, 0.2) is 18.2 Å². The van der Waals surface area contributed by atoms with E-state index in [1.165, 1.54) is 19.3 Å². The van der Waals surface area contributed by atoms with Gasteiger partial charge in [0.2, 0.25) is 0 Å². The Morgan fingerprint density at radius 1 is 1.17 bits per heavy atom. The van der Waals surface area contributed by atoms with E-state index in [0.717, 1.165) is 31.2 Å². The SMILES string of the molecule is Cc1ccc2c(c1)NC(=O)[C@@H](C(=O)NC1CCCCCCC1)O2. The molecule has 3 rings (SSSR count). The number of anilines is 1. The van der Waals surface area contributed by atoms with Gasteiger partial charge < -0.3 is 15.4 Å². The van der Waals surface area contributed by atoms with Crippen molar-refractivity contribution in [3.05, 3.63) is 23.8 Å². The molecule has 23 heavy (non-hydrogen) atoms. The second kappa shape index (κ2) is 7.02. The maximum atomic E-state index is 12.5. The minimum atomic E-state index is -1.10. The first-order chi connectivity index (χ1) is 11.1. The predicted molar refractivity (Wildman–Crippen MR) is 88.5 cm³/mol. The number of ether oxygens (including phenoxy) is 1. The van der Waals surface area contributed by atoms with Gasteiger partial charge >= 0.3 is 0 Å². The van der Waals surface area contributed by atoms with Gasteiger partial charge in [0.25, 0.3) is 17.9 Å². The van der Waals surface area contributed by atoms with Crippen LogP contribution in [0.25, 0.3) is 0 Å². The topological polar surface area (TPSA) is 67.4 Å². The Balaban J connectivity index is 1.65. The van der Waals surface area contributed by atoms with Crippen molar-refractivity contribution in [3.63, 3.8) is 0 Å². The summed E-state index contributed by atoms with van der Waals surface area (Å²) in [7, 11) is 0. The fourth-order valence-electron chi connectivity index (χ4n) is 3.27. The number of carbonyl (C=O) groups excluding carboxylic acids is 2. The lowest BCUT2D eigenvalue weighted by molar-refractivity contribution is -0.137. The third kappa shape index (κ3) is 3.84. The smallest absolute Gasteiger partial charge is 0.275 e. The molecule has 5 heteroatoms. The van der Waals surface area contributed by atoms with E-state index in [-0.39, 0.29) is 11.9 Å². The summed E-state index contributed by atoms with van der Waals surface area (Å²) >= 11 is 0. The molecule has 1 fully saturated rings. The number of hydrogen-bond acceptors (Lipinski definition) is 3. The molecule has 1 atom stereocenters. The number of benzene rings is 1. The Kier molecular flexibility index (Phi) is 4.84. The van der Waals surface area contributed by atoms with Crippen LogP contribution in [-0.4, -0.2) is 24.0 Å². The summed E-state index contributed by atoms with van der Waals surface area (Å²) in [6.45, 7) is 1.94. The van der Waals surface area contributed by atoms with Crippen molar-refractivity contribution in [2.45, 2.75) is 64.0 Å². The zero-order chi connectivity index (χ0) is 16.2. The highest BCUT2D eigenvalue weighted by molar-refractivity contribution is 6.11. The normalized spacial score (nSPS) is 22.1. The second-order valence-corrected chi connectivity index (χ2v) is 6.54. The van der Waals surface area contributed by atoms with Gasteiger partial charge in [-0.1, -0.05) is 38.2 Å². The first-order valence-electron chi connectivity index (χ1n) is 8.52. The molecule has 1 saturated carbocycles. The van der Waals surface area contributed by atoms with Crippen LogP contribution in [0.4, 0.5) is 5.69 Å². The van der Waals surface area contributed by atoms with Gasteiger partial charge in [0.05, 0.1) is 5.69 Å². The van der Waals surface area contributed by atoms with Crippen LogP contribution < -0.4 is 15.4 Å². The number of amides is 2. The third-order valence-corrected chi connectivity index (χ3v) is 4.57. The van der Waals surface area contributed by atoms with Crippen molar-refractivity contribution in [2.24, 2.45) is 0 Å². The number of rotatable bonds is 2. The van der Waals surface area contributed by atoms with Gasteiger partial charge in [-0.25, -0.2) is 0 Å². The summed E-state index contributed by atoms with van der Waals surface area (Å²) < 4.78 is 5.63. The molecule has 1 aromatic rings. The van der Waals surface area contributed by atoms with Gasteiger partial charge in [0, 0.05) is 6.04 Å². The van der Waals surface area contributed by atoms with Crippen LogP contribution in [0.2, 0.25) is 0 Å². The average Bonchev–Trinajstić information content (AvgIpc) is 2.49. The van der Waals surface area contributed by atoms with Crippen molar-refractivity contribution in [2.75, 3.05) is 5.32 Å². The van der Waals surface area contributed by atoms with Gasteiger partial charge in [-0.15, -0.1) is 0 Å². The first kappa shape index (κ1) is 15.8. The standard InChI is InChI=1S/C18H24N2O3/c1-12-9-10-15-14(11-12)20-18(22)16(23-15)17(21)19-13-7-5-3-2-4-6-8-13/h9-11,13,16H,2-8H2,1H3,(H,19,21)(H,20,22)/t16-/m1/s1. The van der Waals surface area contributed by atoms with Crippen molar-refractivity contribution < 1.29 is 14.3 Å². The molecular formula is C18H24N2O3. The summed E-state index contributed by atoms with van der Waals surface area (Å²) in [6.07, 6.45) is 6.85. The van der Waals surface area contributed by atoms with E-state index in [9.17, 15) is 9.59 Å². The molecule has 2 N–H and O–H groups in total. The predicted octanol–water partition coefficient (Wildman–Crippen LogP) is 2.92. The van der Waals surface area contributed by atoms with Crippen LogP contribution in [0.3, 0.4) is 0 Å². The molecule has 5 nitrogen and oxygen atoms in total. The Bertz CT molecular complexity index is 592. The fourth-order valence-corrected chi connectivity index (χ4v) is 3.27. The van der Waals surface area contributed by atoms with Gasteiger partial charge in [-0.2, -0.15) is 0 Å². The van der Waals surface area contributed by atoms with Crippen LogP contribution in [-0.2, 0) is 9.59 Å². The number of hydrogen-bond donors (Lipinski definition) is 2. The van der Waals surface area contributed by atoms with Crippen LogP contribution >= 0.6 is 0 Å². The zero-order valence-electron chi connectivity index (χ0n) is 13.6. The number of aryl methyl sites for hydroxylation is 1. The Morgan fingerprint density at radius 2 is 1.87 bits per heavy atom. The Hall–Kier alpha value is -2.04. The summed E-state index contributed by atoms with van der Waals surface area (Å²) in [5.41, 5.74) is 1.66. The third-order valence-electron chi connectivity index (χ3n) is 4.57. The van der Waals surface area contributed by atoms with E-state index < -0.39 is 12.0 Å². The van der Waals surface area contributed by atoms with E-state index in [1.807, 2.05) is 19.1 Å². The molecule has 2 amide bonds. The maximum absolute atomic E-state index is 12.5. The quantitative estimate of drug-likeness (QED) is 0.824. The molecular weight excluding hydrogens is 292 g/mol. The molecule has 1 aliphatic heterocycles. The fraction of sp³-hybridized carbons (Fsp3) is 0.556. The minimum absolute atomic E-state index is 0.151. The number of fused-ring (bicyclic) bond motifs is 1. The highest BCUT2D eigenvalue weighted by Crippen LogP contribution is 2.30. The second-order valence-electron chi connectivity index (χ2n) is 6.54. The lowest BCUT2D eigenvalue weighted by atomic mass is 9.96. The average molecular weight is 316 g/mol. The summed E-state index contributed by atoms with van der Waals surface area (Å²) in [5.74, 6) is -0.182. The number of nitrogens with one attached hydrogen (secondary N) is 2. The molecule has 0 unspecified atom stereocenters. The Labute approximate surface area is 136 Å². The van der Waals surface area contributed by atoms with Crippen molar-refractivity contribution in [3.8, 4) is 5.75 Å². The van der Waals surface area contributed by atoms with E-state index in [0.29, 0.717) is 11.4 Å². The molecule has 0 saturated heterocycles. The maximum Gasteiger partial charge on any atom is 0.275 e. The monoisotopic (exact) mass is 316 g/mol. The molecule has 0 radical (unpaired) electrons. The molecule has 1 heterocycles. The highest BCUT2D eigenvalue weighted by atomic mass is 16.5. The highest BCUT2D eigenvalue weighted by Gasteiger charge is 2.34. The van der Waals surface area contributed by atoms with Gasteiger partial charge in [0.15, 0.2) is 0 Å². The molecule has 0 aromatic heterocycles. The number of carbonyl (C=O) groups is 2. The Morgan fingerprint density at radius 3 is 2.61 bits per heavy atom. The van der Waals surface area contributed by atoms with E-state index in [4.69, 9.17) is 4.74 Å². The van der Waals surface area contributed by atoms with Crippen LogP contribution in [0, 0.1) is 6.92 Å². The van der Waals surface area contributed by atoms with Crippen molar-refractivity contribution in [1.29, 1.82) is 0 Å². The van der Waals surface area contributed by atoms with Gasteiger partial charge in [-0.3, -0.25) is 9.59 Å². The van der Waals surface area contributed by atoms with Crippen molar-refractivity contribution in [1.82, 2.24) is 5.32 Å². The lowest BCUT2D eigenvalue weighted by Gasteiger charge is -2.28. The lowest BCUT2D eigenvalue weighted by Crippen LogP contribution is -2.51. The van der Waals surface area contributed by atoms with Crippen LogP contribution in [0.5, 0.6) is 5.75 Å². The largest absolute Gasteiger partial charge is 0.468 e. The summed E-state index contributed by atoms with van der Waals surface area (Å²) in [4.78, 5) is 24.6. The van der Waals surface area contributed by atoms with E-state index in [2.05, 4.69) is 10.6 Å². The molecule has 0 bridgehead atoms. The molecule has 0 spiro atoms.